The second kappa shape index (κ2) is 7.60. The summed E-state index contributed by atoms with van der Waals surface area (Å²) in [4.78, 5) is 11.1. The van der Waals surface area contributed by atoms with Crippen LogP contribution in [0.2, 0.25) is 0 Å². The molecule has 1 unspecified atom stereocenters. The van der Waals surface area contributed by atoms with Gasteiger partial charge >= 0.3 is 5.97 Å². The number of hydrogen-bond acceptors (Lipinski definition) is 5. The lowest BCUT2D eigenvalue weighted by molar-refractivity contribution is -0.145. The highest BCUT2D eigenvalue weighted by Crippen LogP contribution is 2.03. The summed E-state index contributed by atoms with van der Waals surface area (Å²) < 4.78 is 9.76. The van der Waals surface area contributed by atoms with E-state index in [0.717, 1.165) is 0 Å². The van der Waals surface area contributed by atoms with Gasteiger partial charge in [0.2, 0.25) is 0 Å². The Morgan fingerprint density at radius 2 is 2.12 bits per heavy atom. The number of carbonyl (C=O) groups is 1. The maximum atomic E-state index is 11.1. The van der Waals surface area contributed by atoms with Crippen LogP contribution in [0.15, 0.2) is 0 Å². The molecule has 96 valence electrons. The highest BCUT2D eigenvalue weighted by molar-refractivity contribution is 5.69. The van der Waals surface area contributed by atoms with Crippen LogP contribution in [0.1, 0.15) is 27.2 Å². The van der Waals surface area contributed by atoms with Gasteiger partial charge in [0.25, 0.3) is 0 Å². The number of hydrogen-bond donors (Lipinski definition) is 2. The maximum absolute atomic E-state index is 11.1. The molecule has 2 N–H and O–H groups in total. The number of aliphatic hydroxyl groups is 1. The molecule has 0 aromatic carbocycles. The quantitative estimate of drug-likeness (QED) is 0.591. The van der Waals surface area contributed by atoms with Crippen LogP contribution in [0, 0.1) is 0 Å². The third-order valence-corrected chi connectivity index (χ3v) is 2.03. The molecule has 0 rings (SSSR count). The summed E-state index contributed by atoms with van der Waals surface area (Å²) >= 11 is 0. The predicted molar refractivity (Wildman–Crippen MR) is 61.2 cm³/mol. The first-order valence-electron chi connectivity index (χ1n) is 5.49. The van der Waals surface area contributed by atoms with E-state index in [9.17, 15) is 9.90 Å². The van der Waals surface area contributed by atoms with E-state index in [2.05, 4.69) is 5.32 Å². The first-order chi connectivity index (χ1) is 7.41. The number of rotatable bonds is 8. The van der Waals surface area contributed by atoms with Crippen molar-refractivity contribution in [3.8, 4) is 0 Å². The zero-order valence-electron chi connectivity index (χ0n) is 10.6. The molecule has 0 fully saturated rings. The molecule has 0 aromatic rings. The van der Waals surface area contributed by atoms with E-state index in [1.54, 1.807) is 14.0 Å². The van der Waals surface area contributed by atoms with E-state index < -0.39 is 6.10 Å². The summed E-state index contributed by atoms with van der Waals surface area (Å²) in [6.07, 6.45) is -0.709. The second-order valence-electron chi connectivity index (χ2n) is 4.36. The van der Waals surface area contributed by atoms with Crippen molar-refractivity contribution in [2.75, 3.05) is 26.9 Å². The average molecular weight is 233 g/mol. The Hall–Kier alpha value is -0.650. The molecule has 0 aliphatic rings. The van der Waals surface area contributed by atoms with Crippen molar-refractivity contribution in [2.24, 2.45) is 0 Å². The molecule has 0 spiro atoms. The van der Waals surface area contributed by atoms with Gasteiger partial charge in [-0.3, -0.25) is 4.79 Å². The lowest BCUT2D eigenvalue weighted by Gasteiger charge is -2.26. The number of carbonyl (C=O) groups excluding carboxylic acids is 1. The third-order valence-electron chi connectivity index (χ3n) is 2.03. The monoisotopic (exact) mass is 233 g/mol. The molecule has 0 aromatic heterocycles. The average Bonchev–Trinajstić information content (AvgIpc) is 2.15. The molecule has 1 atom stereocenters. The number of aliphatic hydroxyl groups excluding tert-OH is 1. The van der Waals surface area contributed by atoms with Crippen LogP contribution in [0.5, 0.6) is 0 Å². The molecule has 5 nitrogen and oxygen atoms in total. The molecule has 0 saturated carbocycles. The minimum Gasteiger partial charge on any atom is -0.466 e. The molecule has 0 aliphatic carbocycles. The molecule has 0 amide bonds. The van der Waals surface area contributed by atoms with Gasteiger partial charge in [0.15, 0.2) is 0 Å². The van der Waals surface area contributed by atoms with Gasteiger partial charge in [-0.1, -0.05) is 0 Å². The van der Waals surface area contributed by atoms with Crippen molar-refractivity contribution in [2.45, 2.75) is 38.8 Å². The number of methoxy groups -OCH3 is 1. The minimum absolute atomic E-state index is 0.0178. The summed E-state index contributed by atoms with van der Waals surface area (Å²) in [6, 6.07) is 0. The highest BCUT2D eigenvalue weighted by Gasteiger charge is 2.19. The van der Waals surface area contributed by atoms with Crippen LogP contribution >= 0.6 is 0 Å². The Bertz CT molecular complexity index is 206. The molecule has 0 bridgehead atoms. The third kappa shape index (κ3) is 7.62. The number of esters is 1. The lowest BCUT2D eigenvalue weighted by atomic mass is 10.1. The maximum Gasteiger partial charge on any atom is 0.308 e. The zero-order chi connectivity index (χ0) is 12.6. The topological polar surface area (TPSA) is 67.8 Å². The van der Waals surface area contributed by atoms with Crippen LogP contribution in [-0.2, 0) is 14.3 Å². The molecule has 5 heteroatoms. The van der Waals surface area contributed by atoms with Crippen molar-refractivity contribution >= 4 is 5.97 Å². The molecule has 0 saturated heterocycles. The molecule has 16 heavy (non-hydrogen) atoms. The molecular formula is C11H23NO4. The Morgan fingerprint density at radius 3 is 2.62 bits per heavy atom. The smallest absolute Gasteiger partial charge is 0.308 e. The Labute approximate surface area is 97.1 Å². The van der Waals surface area contributed by atoms with Gasteiger partial charge in [0.1, 0.15) is 0 Å². The van der Waals surface area contributed by atoms with Crippen LogP contribution in [0.25, 0.3) is 0 Å². The largest absolute Gasteiger partial charge is 0.466 e. The van der Waals surface area contributed by atoms with Gasteiger partial charge < -0.3 is 19.9 Å². The van der Waals surface area contributed by atoms with Gasteiger partial charge in [-0.05, 0) is 20.8 Å². The van der Waals surface area contributed by atoms with Crippen molar-refractivity contribution < 1.29 is 19.4 Å². The summed E-state index contributed by atoms with van der Waals surface area (Å²) in [7, 11) is 1.62. The van der Waals surface area contributed by atoms with Crippen LogP contribution in [0.3, 0.4) is 0 Å². The van der Waals surface area contributed by atoms with Gasteiger partial charge in [-0.2, -0.15) is 0 Å². The minimum atomic E-state index is -0.727. The molecule has 0 heterocycles. The zero-order valence-corrected chi connectivity index (χ0v) is 10.6. The number of β-amino-alcohol motifs (C(OH)–C–C–N with tert-alkyl or cyclic N) is 1. The fraction of sp³-hybridized carbons (Fsp3) is 0.909. The van der Waals surface area contributed by atoms with Crippen molar-refractivity contribution in [3.63, 3.8) is 0 Å². The summed E-state index contributed by atoms with van der Waals surface area (Å²) in [5.74, 6) is -0.374. The fourth-order valence-corrected chi connectivity index (χ4v) is 1.29. The van der Waals surface area contributed by atoms with Crippen LogP contribution < -0.4 is 5.32 Å². The van der Waals surface area contributed by atoms with Crippen molar-refractivity contribution in [1.82, 2.24) is 5.32 Å². The summed E-state index contributed by atoms with van der Waals surface area (Å²) in [5, 5.41) is 12.7. The van der Waals surface area contributed by atoms with Crippen molar-refractivity contribution in [3.05, 3.63) is 0 Å². The van der Waals surface area contributed by atoms with Gasteiger partial charge in [-0.15, -0.1) is 0 Å². The fourth-order valence-electron chi connectivity index (χ4n) is 1.29. The molecule has 0 aliphatic heterocycles. The normalized spacial score (nSPS) is 13.6. The predicted octanol–water partition coefficient (Wildman–Crippen LogP) is 0.315. The van der Waals surface area contributed by atoms with E-state index in [-0.39, 0.29) is 17.9 Å². The Balaban J connectivity index is 3.79. The van der Waals surface area contributed by atoms with E-state index in [1.807, 2.05) is 13.8 Å². The first kappa shape index (κ1) is 15.3. The summed E-state index contributed by atoms with van der Waals surface area (Å²) in [6.45, 7) is 6.90. The van der Waals surface area contributed by atoms with Gasteiger partial charge in [0, 0.05) is 19.2 Å². The van der Waals surface area contributed by atoms with Crippen molar-refractivity contribution in [1.29, 1.82) is 0 Å². The Morgan fingerprint density at radius 1 is 1.50 bits per heavy atom. The SMILES string of the molecule is CCOC(=O)CC(O)CNC(C)(C)COC. The number of ether oxygens (including phenoxy) is 2. The molecular weight excluding hydrogens is 210 g/mol. The lowest BCUT2D eigenvalue weighted by Crippen LogP contribution is -2.47. The second-order valence-corrected chi connectivity index (χ2v) is 4.36. The standard InChI is InChI=1S/C11H23NO4/c1-5-16-10(14)6-9(13)7-12-11(2,3)8-15-4/h9,12-13H,5-8H2,1-4H3. The Kier molecular flexibility index (Phi) is 7.29. The number of nitrogens with one attached hydrogen (secondary N) is 1. The van der Waals surface area contributed by atoms with Gasteiger partial charge in [-0.25, -0.2) is 0 Å². The first-order valence-corrected chi connectivity index (χ1v) is 5.49. The van der Waals surface area contributed by atoms with E-state index in [4.69, 9.17) is 9.47 Å². The van der Waals surface area contributed by atoms with Gasteiger partial charge in [0.05, 0.1) is 25.7 Å². The van der Waals surface area contributed by atoms with Crippen LogP contribution in [-0.4, -0.2) is 49.6 Å². The van der Waals surface area contributed by atoms with E-state index in [0.29, 0.717) is 19.8 Å². The highest BCUT2D eigenvalue weighted by atomic mass is 16.5. The molecule has 0 radical (unpaired) electrons. The van der Waals surface area contributed by atoms with Crippen LogP contribution in [0.4, 0.5) is 0 Å². The van der Waals surface area contributed by atoms with E-state index in [1.165, 1.54) is 0 Å². The van der Waals surface area contributed by atoms with E-state index >= 15 is 0 Å². The summed E-state index contributed by atoms with van der Waals surface area (Å²) in [5.41, 5.74) is -0.218.